The van der Waals surface area contributed by atoms with Gasteiger partial charge in [0.1, 0.15) is 12.0 Å². The highest BCUT2D eigenvalue weighted by Crippen LogP contribution is 2.19. The van der Waals surface area contributed by atoms with E-state index in [1.807, 2.05) is 12.1 Å². The topological polar surface area (TPSA) is 85.8 Å². The van der Waals surface area contributed by atoms with E-state index in [1.54, 1.807) is 31.8 Å². The van der Waals surface area contributed by atoms with E-state index in [4.69, 9.17) is 4.42 Å². The van der Waals surface area contributed by atoms with Gasteiger partial charge in [-0.3, -0.25) is 19.8 Å². The van der Waals surface area contributed by atoms with Crippen molar-refractivity contribution in [3.05, 3.63) is 48.2 Å². The zero-order valence-electron chi connectivity index (χ0n) is 13.9. The van der Waals surface area contributed by atoms with Crippen molar-refractivity contribution in [3.8, 4) is 11.3 Å². The van der Waals surface area contributed by atoms with Crippen LogP contribution in [-0.4, -0.2) is 25.7 Å². The molecule has 3 heterocycles. The zero-order valence-corrected chi connectivity index (χ0v) is 13.9. The van der Waals surface area contributed by atoms with E-state index in [1.165, 1.54) is 4.68 Å². The maximum absolute atomic E-state index is 12.4. The smallest absolute Gasteiger partial charge is 0.301 e. The summed E-state index contributed by atoms with van der Waals surface area (Å²) in [5, 5.41) is 7.03. The first-order valence-corrected chi connectivity index (χ1v) is 7.73. The van der Waals surface area contributed by atoms with Crippen LogP contribution in [0.3, 0.4) is 0 Å². The quantitative estimate of drug-likeness (QED) is 0.779. The second-order valence-corrected chi connectivity index (χ2v) is 5.97. The molecule has 0 spiro atoms. The molecule has 0 bridgehead atoms. The van der Waals surface area contributed by atoms with E-state index in [2.05, 4.69) is 34.2 Å². The van der Waals surface area contributed by atoms with Gasteiger partial charge in [0.05, 0.1) is 11.4 Å². The van der Waals surface area contributed by atoms with Crippen LogP contribution in [0, 0.1) is 5.92 Å². The van der Waals surface area contributed by atoms with Gasteiger partial charge in [-0.25, -0.2) is 0 Å². The number of aryl methyl sites for hydroxylation is 1. The molecule has 0 fully saturated rings. The molecule has 0 saturated carbocycles. The Balaban J connectivity index is 1.76. The van der Waals surface area contributed by atoms with Gasteiger partial charge in [-0.15, -0.1) is 0 Å². The highest BCUT2D eigenvalue weighted by molar-refractivity contribution is 6.02. The van der Waals surface area contributed by atoms with Crippen LogP contribution in [0.4, 0.5) is 6.01 Å². The van der Waals surface area contributed by atoms with Gasteiger partial charge in [-0.2, -0.15) is 10.1 Å². The normalized spacial score (nSPS) is 11.0. The fourth-order valence-corrected chi connectivity index (χ4v) is 2.38. The Morgan fingerprint density at radius 1 is 1.33 bits per heavy atom. The number of carbonyl (C=O) groups excluding carboxylic acids is 1. The van der Waals surface area contributed by atoms with E-state index >= 15 is 0 Å². The fourth-order valence-electron chi connectivity index (χ4n) is 2.38. The molecule has 7 heteroatoms. The summed E-state index contributed by atoms with van der Waals surface area (Å²) in [6, 6.07) is 5.61. The van der Waals surface area contributed by atoms with Crippen molar-refractivity contribution >= 4 is 11.9 Å². The first-order valence-electron chi connectivity index (χ1n) is 7.73. The van der Waals surface area contributed by atoms with Gasteiger partial charge in [0.2, 0.25) is 0 Å². The summed E-state index contributed by atoms with van der Waals surface area (Å²) < 4.78 is 6.84. The highest BCUT2D eigenvalue weighted by atomic mass is 16.4. The van der Waals surface area contributed by atoms with Crippen LogP contribution in [0.5, 0.6) is 0 Å². The third-order valence-electron chi connectivity index (χ3n) is 3.48. The van der Waals surface area contributed by atoms with E-state index in [9.17, 15) is 4.79 Å². The lowest BCUT2D eigenvalue weighted by atomic mass is 10.1. The Morgan fingerprint density at radius 3 is 2.79 bits per heavy atom. The lowest BCUT2D eigenvalue weighted by molar-refractivity contribution is 0.101. The minimum absolute atomic E-state index is 0.197. The number of hydrogen-bond donors (Lipinski definition) is 1. The third-order valence-corrected chi connectivity index (χ3v) is 3.48. The molecule has 3 rings (SSSR count). The molecule has 0 aliphatic carbocycles. The molecule has 0 atom stereocenters. The molecule has 124 valence electrons. The van der Waals surface area contributed by atoms with Gasteiger partial charge in [0.15, 0.2) is 0 Å². The molecule has 0 aromatic carbocycles. The van der Waals surface area contributed by atoms with Gasteiger partial charge in [-0.05, 0) is 30.5 Å². The maximum atomic E-state index is 12.4. The van der Waals surface area contributed by atoms with Crippen molar-refractivity contribution in [2.24, 2.45) is 13.0 Å². The molecule has 0 aliphatic heterocycles. The Labute approximate surface area is 139 Å². The van der Waals surface area contributed by atoms with Crippen LogP contribution in [0.2, 0.25) is 0 Å². The van der Waals surface area contributed by atoms with Crippen LogP contribution in [0.25, 0.3) is 11.3 Å². The molecular weight excluding hydrogens is 306 g/mol. The zero-order chi connectivity index (χ0) is 17.1. The van der Waals surface area contributed by atoms with Crippen molar-refractivity contribution in [3.63, 3.8) is 0 Å². The summed E-state index contributed by atoms with van der Waals surface area (Å²) in [7, 11) is 1.72. The molecule has 0 saturated heterocycles. The average molecular weight is 325 g/mol. The number of anilines is 1. The van der Waals surface area contributed by atoms with E-state index in [0.717, 1.165) is 17.7 Å². The van der Waals surface area contributed by atoms with Crippen LogP contribution < -0.4 is 5.32 Å². The summed E-state index contributed by atoms with van der Waals surface area (Å²) in [5.74, 6) is 0.155. The lowest BCUT2D eigenvalue weighted by Crippen LogP contribution is -2.16. The summed E-state index contributed by atoms with van der Waals surface area (Å²) >= 11 is 0. The Kier molecular flexibility index (Phi) is 4.41. The largest absolute Gasteiger partial charge is 0.432 e. The summed E-state index contributed by atoms with van der Waals surface area (Å²) in [6.07, 6.45) is 5.75. The number of oxazole rings is 1. The van der Waals surface area contributed by atoms with Gasteiger partial charge in [0.25, 0.3) is 5.91 Å². The minimum Gasteiger partial charge on any atom is -0.432 e. The van der Waals surface area contributed by atoms with Crippen LogP contribution in [0.15, 0.2) is 41.3 Å². The van der Waals surface area contributed by atoms with E-state index in [0.29, 0.717) is 17.3 Å². The van der Waals surface area contributed by atoms with Crippen molar-refractivity contribution in [2.75, 3.05) is 5.32 Å². The highest BCUT2D eigenvalue weighted by Gasteiger charge is 2.16. The SMILES string of the molecule is CC(C)Cc1coc(NC(=O)c2cc(-c3ccncc3)nn2C)n1. The molecule has 0 aliphatic rings. The van der Waals surface area contributed by atoms with E-state index in [-0.39, 0.29) is 11.9 Å². The van der Waals surface area contributed by atoms with Gasteiger partial charge < -0.3 is 4.42 Å². The van der Waals surface area contributed by atoms with Crippen molar-refractivity contribution in [1.29, 1.82) is 0 Å². The molecule has 3 aromatic rings. The maximum Gasteiger partial charge on any atom is 0.301 e. The second kappa shape index (κ2) is 6.66. The first kappa shape index (κ1) is 15.9. The lowest BCUT2D eigenvalue weighted by Gasteiger charge is -2.00. The average Bonchev–Trinajstić information content (AvgIpc) is 3.14. The van der Waals surface area contributed by atoms with Crippen LogP contribution in [-0.2, 0) is 13.5 Å². The minimum atomic E-state index is -0.316. The summed E-state index contributed by atoms with van der Waals surface area (Å²) in [5.41, 5.74) is 2.85. The standard InChI is InChI=1S/C17H19N5O2/c1-11(2)8-13-10-24-17(19-13)20-16(23)15-9-14(21-22(15)3)12-4-6-18-7-5-12/h4-7,9-11H,8H2,1-3H3,(H,19,20,23). The van der Waals surface area contributed by atoms with Crippen molar-refractivity contribution in [1.82, 2.24) is 19.7 Å². The molecule has 3 aromatic heterocycles. The van der Waals surface area contributed by atoms with Crippen LogP contribution in [0.1, 0.15) is 30.0 Å². The number of aromatic nitrogens is 4. The van der Waals surface area contributed by atoms with Crippen molar-refractivity contribution < 1.29 is 9.21 Å². The van der Waals surface area contributed by atoms with Gasteiger partial charge in [-0.1, -0.05) is 13.8 Å². The number of rotatable bonds is 5. The van der Waals surface area contributed by atoms with Crippen LogP contribution >= 0.6 is 0 Å². The Bertz CT molecular complexity index is 836. The monoisotopic (exact) mass is 325 g/mol. The van der Waals surface area contributed by atoms with Gasteiger partial charge >= 0.3 is 6.01 Å². The molecular formula is C17H19N5O2. The predicted molar refractivity (Wildman–Crippen MR) is 89.4 cm³/mol. The molecule has 0 unspecified atom stereocenters. The first-order chi connectivity index (χ1) is 11.5. The van der Waals surface area contributed by atoms with E-state index < -0.39 is 0 Å². The molecule has 1 N–H and O–H groups in total. The second-order valence-electron chi connectivity index (χ2n) is 5.97. The molecule has 0 radical (unpaired) electrons. The number of amides is 1. The number of carbonyl (C=O) groups is 1. The third kappa shape index (κ3) is 3.51. The predicted octanol–water partition coefficient (Wildman–Crippen LogP) is 2.92. The number of nitrogens with one attached hydrogen (secondary N) is 1. The molecule has 24 heavy (non-hydrogen) atoms. The molecule has 1 amide bonds. The summed E-state index contributed by atoms with van der Waals surface area (Å²) in [4.78, 5) is 20.7. The number of pyridine rings is 1. The Morgan fingerprint density at radius 2 is 2.08 bits per heavy atom. The fraction of sp³-hybridized carbons (Fsp3) is 0.294. The Hall–Kier alpha value is -2.96. The summed E-state index contributed by atoms with van der Waals surface area (Å²) in [6.45, 7) is 4.20. The number of nitrogens with zero attached hydrogens (tertiary/aromatic N) is 4. The van der Waals surface area contributed by atoms with Gasteiger partial charge in [0, 0.05) is 25.0 Å². The van der Waals surface area contributed by atoms with Crippen molar-refractivity contribution in [2.45, 2.75) is 20.3 Å². The number of hydrogen-bond acceptors (Lipinski definition) is 5. The molecule has 7 nitrogen and oxygen atoms in total.